The normalized spacial score (nSPS) is 9.85. The maximum Gasteiger partial charge on any atom is 0.336 e. The van der Waals surface area contributed by atoms with Crippen molar-refractivity contribution in [2.75, 3.05) is 5.32 Å². The summed E-state index contributed by atoms with van der Waals surface area (Å²) in [6, 6.07) is 10.8. The lowest BCUT2D eigenvalue weighted by atomic mass is 10.1. The van der Waals surface area contributed by atoms with Crippen molar-refractivity contribution in [1.82, 2.24) is 0 Å². The molecule has 0 aromatic heterocycles. The first kappa shape index (κ1) is 13.6. The van der Waals surface area contributed by atoms with Gasteiger partial charge in [-0.1, -0.05) is 12.1 Å². The molecule has 100 valence electrons. The highest BCUT2D eigenvalue weighted by Crippen LogP contribution is 2.24. The Morgan fingerprint density at radius 1 is 1.35 bits per heavy atom. The molecule has 0 saturated heterocycles. The number of hydrogen-bond donors (Lipinski definition) is 2. The molecule has 0 saturated carbocycles. The fourth-order valence-electron chi connectivity index (χ4n) is 1.83. The molecule has 2 N–H and O–H groups in total. The van der Waals surface area contributed by atoms with Gasteiger partial charge in [0.15, 0.2) is 0 Å². The molecule has 0 heterocycles. The van der Waals surface area contributed by atoms with Gasteiger partial charge in [-0.05, 0) is 36.8 Å². The Bertz CT molecular complexity index is 720. The van der Waals surface area contributed by atoms with E-state index in [0.29, 0.717) is 16.9 Å². The minimum Gasteiger partial charge on any atom is -0.478 e. The standard InChI is InChI=1S/C15H11FN2O2/c1-9-5-6-10(7-11(9)15(19)20)18-14-4-2-3-13(16)12(14)8-17/h2-7,18H,1H3,(H,19,20). The van der Waals surface area contributed by atoms with E-state index in [4.69, 9.17) is 10.4 Å². The number of aromatic carboxylic acids is 1. The quantitative estimate of drug-likeness (QED) is 0.895. The molecule has 4 nitrogen and oxygen atoms in total. The Morgan fingerprint density at radius 3 is 2.75 bits per heavy atom. The maximum absolute atomic E-state index is 13.5. The second kappa shape index (κ2) is 5.41. The molecule has 2 aromatic rings. The number of carbonyl (C=O) groups is 1. The lowest BCUT2D eigenvalue weighted by Crippen LogP contribution is -2.02. The first-order valence-corrected chi connectivity index (χ1v) is 5.82. The van der Waals surface area contributed by atoms with Gasteiger partial charge in [-0.25, -0.2) is 9.18 Å². The zero-order valence-corrected chi connectivity index (χ0v) is 10.6. The van der Waals surface area contributed by atoms with Crippen molar-refractivity contribution in [3.05, 3.63) is 58.9 Å². The van der Waals surface area contributed by atoms with E-state index in [1.807, 2.05) is 0 Å². The van der Waals surface area contributed by atoms with Crippen LogP contribution in [-0.4, -0.2) is 11.1 Å². The molecule has 0 bridgehead atoms. The molecular formula is C15H11FN2O2. The number of benzene rings is 2. The first-order valence-electron chi connectivity index (χ1n) is 5.82. The largest absolute Gasteiger partial charge is 0.478 e. The van der Waals surface area contributed by atoms with Crippen molar-refractivity contribution in [3.63, 3.8) is 0 Å². The molecule has 2 rings (SSSR count). The number of nitrogens with zero attached hydrogens (tertiary/aromatic N) is 1. The van der Waals surface area contributed by atoms with Crippen LogP contribution in [0.25, 0.3) is 0 Å². The van der Waals surface area contributed by atoms with Gasteiger partial charge in [0.1, 0.15) is 17.4 Å². The lowest BCUT2D eigenvalue weighted by molar-refractivity contribution is 0.0696. The molecule has 2 aromatic carbocycles. The number of rotatable bonds is 3. The fraction of sp³-hybridized carbons (Fsp3) is 0.0667. The van der Waals surface area contributed by atoms with Crippen LogP contribution in [0.1, 0.15) is 21.5 Å². The molecule has 0 aliphatic rings. The summed E-state index contributed by atoms with van der Waals surface area (Å²) in [6.45, 7) is 1.69. The SMILES string of the molecule is Cc1ccc(Nc2cccc(F)c2C#N)cc1C(=O)O. The molecule has 0 radical (unpaired) electrons. The highest BCUT2D eigenvalue weighted by atomic mass is 19.1. The molecule has 5 heteroatoms. The van der Waals surface area contributed by atoms with Crippen LogP contribution in [0.4, 0.5) is 15.8 Å². The predicted octanol–water partition coefficient (Wildman–Crippen LogP) is 3.45. The van der Waals surface area contributed by atoms with E-state index in [0.717, 1.165) is 0 Å². The van der Waals surface area contributed by atoms with Crippen LogP contribution in [0.2, 0.25) is 0 Å². The molecular weight excluding hydrogens is 259 g/mol. The minimum atomic E-state index is -1.04. The number of hydrogen-bond acceptors (Lipinski definition) is 3. The van der Waals surface area contributed by atoms with Gasteiger partial charge in [-0.15, -0.1) is 0 Å². The molecule has 0 aliphatic carbocycles. The Balaban J connectivity index is 2.41. The second-order valence-electron chi connectivity index (χ2n) is 4.23. The van der Waals surface area contributed by atoms with Crippen LogP contribution in [0, 0.1) is 24.1 Å². The predicted molar refractivity (Wildman–Crippen MR) is 72.5 cm³/mol. The third kappa shape index (κ3) is 2.59. The van der Waals surface area contributed by atoms with E-state index < -0.39 is 11.8 Å². The lowest BCUT2D eigenvalue weighted by Gasteiger charge is -2.10. The van der Waals surface area contributed by atoms with Gasteiger partial charge >= 0.3 is 5.97 Å². The van der Waals surface area contributed by atoms with Crippen molar-refractivity contribution in [2.24, 2.45) is 0 Å². The zero-order chi connectivity index (χ0) is 14.7. The van der Waals surface area contributed by atoms with Crippen LogP contribution in [0.5, 0.6) is 0 Å². The molecule has 0 fully saturated rings. The van der Waals surface area contributed by atoms with Crippen molar-refractivity contribution < 1.29 is 14.3 Å². The van der Waals surface area contributed by atoms with Crippen LogP contribution in [0.15, 0.2) is 36.4 Å². The summed E-state index contributed by atoms with van der Waals surface area (Å²) in [5.41, 5.74) is 1.46. The van der Waals surface area contributed by atoms with Gasteiger partial charge in [0.2, 0.25) is 0 Å². The topological polar surface area (TPSA) is 73.1 Å². The third-order valence-electron chi connectivity index (χ3n) is 2.87. The molecule has 0 atom stereocenters. The summed E-state index contributed by atoms with van der Waals surface area (Å²) in [4.78, 5) is 11.1. The van der Waals surface area contributed by atoms with Crippen molar-refractivity contribution in [2.45, 2.75) is 6.92 Å². The van der Waals surface area contributed by atoms with Crippen molar-refractivity contribution in [1.29, 1.82) is 5.26 Å². The molecule has 0 unspecified atom stereocenters. The summed E-state index contributed by atoms with van der Waals surface area (Å²) in [5, 5.41) is 20.9. The average molecular weight is 270 g/mol. The van der Waals surface area contributed by atoms with Gasteiger partial charge in [-0.3, -0.25) is 0 Å². The number of carboxylic acids is 1. The van der Waals surface area contributed by atoms with Gasteiger partial charge in [0, 0.05) is 5.69 Å². The number of carboxylic acid groups (broad SMARTS) is 1. The molecule has 0 aliphatic heterocycles. The van der Waals surface area contributed by atoms with Gasteiger partial charge < -0.3 is 10.4 Å². The number of halogens is 1. The summed E-state index contributed by atoms with van der Waals surface area (Å²) < 4.78 is 13.5. The highest BCUT2D eigenvalue weighted by Gasteiger charge is 2.11. The van der Waals surface area contributed by atoms with E-state index in [9.17, 15) is 9.18 Å². The number of aryl methyl sites for hydroxylation is 1. The Labute approximate surface area is 115 Å². The van der Waals surface area contributed by atoms with Crippen molar-refractivity contribution >= 4 is 17.3 Å². The van der Waals surface area contributed by atoms with E-state index in [1.165, 1.54) is 18.2 Å². The van der Waals surface area contributed by atoms with E-state index in [1.54, 1.807) is 31.2 Å². The smallest absolute Gasteiger partial charge is 0.336 e. The van der Waals surface area contributed by atoms with Gasteiger partial charge in [0.25, 0.3) is 0 Å². The van der Waals surface area contributed by atoms with Crippen molar-refractivity contribution in [3.8, 4) is 6.07 Å². The molecule has 0 amide bonds. The van der Waals surface area contributed by atoms with E-state index >= 15 is 0 Å². The Kier molecular flexibility index (Phi) is 3.67. The molecule has 20 heavy (non-hydrogen) atoms. The zero-order valence-electron chi connectivity index (χ0n) is 10.6. The van der Waals surface area contributed by atoms with Crippen LogP contribution in [0.3, 0.4) is 0 Å². The number of nitriles is 1. The molecule has 0 spiro atoms. The van der Waals surface area contributed by atoms with Crippen LogP contribution in [-0.2, 0) is 0 Å². The Morgan fingerprint density at radius 2 is 2.10 bits per heavy atom. The first-order chi connectivity index (χ1) is 9.52. The van der Waals surface area contributed by atoms with Crippen LogP contribution < -0.4 is 5.32 Å². The summed E-state index contributed by atoms with van der Waals surface area (Å²) >= 11 is 0. The average Bonchev–Trinajstić information content (AvgIpc) is 2.41. The maximum atomic E-state index is 13.5. The minimum absolute atomic E-state index is 0.107. The third-order valence-corrected chi connectivity index (χ3v) is 2.87. The monoisotopic (exact) mass is 270 g/mol. The number of anilines is 2. The summed E-state index contributed by atoms with van der Waals surface area (Å²) in [7, 11) is 0. The summed E-state index contributed by atoms with van der Waals surface area (Å²) in [6.07, 6.45) is 0. The van der Waals surface area contributed by atoms with Gasteiger partial charge in [0.05, 0.1) is 11.3 Å². The highest BCUT2D eigenvalue weighted by molar-refractivity contribution is 5.91. The second-order valence-corrected chi connectivity index (χ2v) is 4.23. The van der Waals surface area contributed by atoms with E-state index in [-0.39, 0.29) is 11.1 Å². The van der Waals surface area contributed by atoms with Crippen LogP contribution >= 0.6 is 0 Å². The fourth-order valence-corrected chi connectivity index (χ4v) is 1.83. The summed E-state index contributed by atoms with van der Waals surface area (Å²) in [5.74, 6) is -1.66. The number of nitrogens with one attached hydrogen (secondary N) is 1. The van der Waals surface area contributed by atoms with Gasteiger partial charge in [-0.2, -0.15) is 5.26 Å². The Hall–Kier alpha value is -2.87. The van der Waals surface area contributed by atoms with E-state index in [2.05, 4.69) is 5.32 Å².